The molecule has 0 aromatic heterocycles. The Balaban J connectivity index is 1.51. The average Bonchev–Trinajstić information content (AvgIpc) is 3.37. The number of aliphatic imine (C=N–C) groups is 1. The fourth-order valence-electron chi connectivity index (χ4n) is 3.91. The number of benzene rings is 2. The highest BCUT2D eigenvalue weighted by molar-refractivity contribution is 8.15. The van der Waals surface area contributed by atoms with Crippen LogP contribution in [0.25, 0.3) is 0 Å². The standard InChI is InChI=1S/C23H24ClN3O3S/c1-30-19-11-9-16(10-12-19)26-23-27(18-7-2-3-8-18)22(29)20(31-23)14-21(28)25-17-6-4-5-15(24)13-17/h4-6,9-13,18,20H,2-3,7-8,14H2,1H3,(H,25,28). The fourth-order valence-corrected chi connectivity index (χ4v) is 5.31. The van der Waals surface area contributed by atoms with Gasteiger partial charge in [0, 0.05) is 23.2 Å². The molecule has 1 aliphatic heterocycles. The molecule has 1 atom stereocenters. The Labute approximate surface area is 191 Å². The van der Waals surface area contributed by atoms with Crippen molar-refractivity contribution in [2.24, 2.45) is 4.99 Å². The molecular formula is C23H24ClN3O3S. The first-order valence-electron chi connectivity index (χ1n) is 10.3. The third kappa shape index (κ3) is 5.22. The van der Waals surface area contributed by atoms with Crippen LogP contribution in [0.15, 0.2) is 53.5 Å². The number of rotatable bonds is 6. The van der Waals surface area contributed by atoms with Gasteiger partial charge in [-0.3, -0.25) is 14.5 Å². The van der Waals surface area contributed by atoms with Crippen LogP contribution < -0.4 is 10.1 Å². The number of halogens is 1. The van der Waals surface area contributed by atoms with E-state index in [0.717, 1.165) is 37.1 Å². The van der Waals surface area contributed by atoms with Gasteiger partial charge in [0.15, 0.2) is 5.17 Å². The summed E-state index contributed by atoms with van der Waals surface area (Å²) in [7, 11) is 1.62. The highest BCUT2D eigenvalue weighted by Gasteiger charge is 2.43. The second-order valence-corrected chi connectivity index (χ2v) is 9.21. The van der Waals surface area contributed by atoms with Crippen LogP contribution in [0.1, 0.15) is 32.1 Å². The van der Waals surface area contributed by atoms with E-state index in [1.54, 1.807) is 31.4 Å². The van der Waals surface area contributed by atoms with E-state index in [1.807, 2.05) is 29.2 Å². The lowest BCUT2D eigenvalue weighted by molar-refractivity contribution is -0.129. The van der Waals surface area contributed by atoms with Crippen LogP contribution in [-0.4, -0.2) is 40.3 Å². The first-order valence-corrected chi connectivity index (χ1v) is 11.6. The van der Waals surface area contributed by atoms with E-state index in [9.17, 15) is 9.59 Å². The number of carbonyl (C=O) groups excluding carboxylic acids is 2. The summed E-state index contributed by atoms with van der Waals surface area (Å²) in [5.74, 6) is 0.498. The number of ether oxygens (including phenoxy) is 1. The zero-order valence-corrected chi connectivity index (χ0v) is 18.8. The number of methoxy groups -OCH3 is 1. The van der Waals surface area contributed by atoms with E-state index in [4.69, 9.17) is 21.3 Å². The van der Waals surface area contributed by atoms with Crippen LogP contribution in [0.2, 0.25) is 5.02 Å². The van der Waals surface area contributed by atoms with Crippen molar-refractivity contribution in [2.45, 2.75) is 43.4 Å². The van der Waals surface area contributed by atoms with Crippen molar-refractivity contribution in [3.8, 4) is 5.75 Å². The molecule has 1 unspecified atom stereocenters. The van der Waals surface area contributed by atoms with Gasteiger partial charge in [-0.2, -0.15) is 0 Å². The normalized spacial score (nSPS) is 20.5. The van der Waals surface area contributed by atoms with E-state index < -0.39 is 5.25 Å². The zero-order chi connectivity index (χ0) is 21.8. The van der Waals surface area contributed by atoms with Gasteiger partial charge in [-0.1, -0.05) is 42.3 Å². The Bertz CT molecular complexity index is 990. The summed E-state index contributed by atoms with van der Waals surface area (Å²) in [4.78, 5) is 32.4. The summed E-state index contributed by atoms with van der Waals surface area (Å²) in [5, 5.41) is 3.56. The van der Waals surface area contributed by atoms with Crippen LogP contribution in [0.4, 0.5) is 11.4 Å². The molecule has 0 radical (unpaired) electrons. The molecule has 0 spiro atoms. The Kier molecular flexibility index (Phi) is 6.83. The quantitative estimate of drug-likeness (QED) is 0.642. The Morgan fingerprint density at radius 2 is 1.97 bits per heavy atom. The molecule has 1 aliphatic carbocycles. The van der Waals surface area contributed by atoms with Crippen molar-refractivity contribution < 1.29 is 14.3 Å². The first kappa shape index (κ1) is 21.7. The van der Waals surface area contributed by atoms with Gasteiger partial charge >= 0.3 is 0 Å². The maximum atomic E-state index is 13.2. The molecule has 1 N–H and O–H groups in total. The number of nitrogens with one attached hydrogen (secondary N) is 1. The van der Waals surface area contributed by atoms with Gasteiger partial charge in [-0.05, 0) is 55.3 Å². The Morgan fingerprint density at radius 1 is 1.23 bits per heavy atom. The molecule has 8 heteroatoms. The SMILES string of the molecule is COc1ccc(N=C2SC(CC(=O)Nc3cccc(Cl)c3)C(=O)N2C2CCCC2)cc1. The minimum atomic E-state index is -0.489. The van der Waals surface area contributed by atoms with Crippen molar-refractivity contribution in [3.63, 3.8) is 0 Å². The molecule has 162 valence electrons. The fraction of sp³-hybridized carbons (Fsp3) is 0.348. The minimum Gasteiger partial charge on any atom is -0.497 e. The summed E-state index contributed by atoms with van der Waals surface area (Å²) in [6.07, 6.45) is 4.23. The summed E-state index contributed by atoms with van der Waals surface area (Å²) >= 11 is 7.36. The van der Waals surface area contributed by atoms with Crippen LogP contribution in [0.5, 0.6) is 5.75 Å². The van der Waals surface area contributed by atoms with Crippen molar-refractivity contribution >= 4 is 51.7 Å². The summed E-state index contributed by atoms with van der Waals surface area (Å²) in [5.41, 5.74) is 1.37. The molecule has 6 nitrogen and oxygen atoms in total. The minimum absolute atomic E-state index is 0.0367. The van der Waals surface area contributed by atoms with Gasteiger partial charge in [-0.25, -0.2) is 4.99 Å². The molecule has 2 amide bonds. The van der Waals surface area contributed by atoms with E-state index in [1.165, 1.54) is 11.8 Å². The number of anilines is 1. The number of amides is 2. The van der Waals surface area contributed by atoms with Crippen LogP contribution in [0.3, 0.4) is 0 Å². The van der Waals surface area contributed by atoms with Crippen molar-refractivity contribution in [1.82, 2.24) is 4.90 Å². The monoisotopic (exact) mass is 457 g/mol. The Hall–Kier alpha value is -2.51. The first-order chi connectivity index (χ1) is 15.0. The molecule has 2 aromatic rings. The molecule has 1 heterocycles. The molecule has 31 heavy (non-hydrogen) atoms. The molecule has 1 saturated heterocycles. The maximum Gasteiger partial charge on any atom is 0.242 e. The predicted molar refractivity (Wildman–Crippen MR) is 125 cm³/mol. The number of thioether (sulfide) groups is 1. The average molecular weight is 458 g/mol. The lowest BCUT2D eigenvalue weighted by Crippen LogP contribution is -2.40. The smallest absolute Gasteiger partial charge is 0.242 e. The van der Waals surface area contributed by atoms with Gasteiger partial charge in [0.25, 0.3) is 0 Å². The molecule has 0 bridgehead atoms. The van der Waals surface area contributed by atoms with E-state index in [2.05, 4.69) is 5.32 Å². The lowest BCUT2D eigenvalue weighted by atomic mass is 10.2. The maximum absolute atomic E-state index is 13.2. The summed E-state index contributed by atoms with van der Waals surface area (Å²) < 4.78 is 5.20. The van der Waals surface area contributed by atoms with Gasteiger partial charge in [0.2, 0.25) is 11.8 Å². The van der Waals surface area contributed by atoms with Crippen LogP contribution in [-0.2, 0) is 9.59 Å². The number of hydrogen-bond acceptors (Lipinski definition) is 5. The second-order valence-electron chi connectivity index (χ2n) is 7.61. The lowest BCUT2D eigenvalue weighted by Gasteiger charge is -2.23. The third-order valence-electron chi connectivity index (χ3n) is 5.43. The largest absolute Gasteiger partial charge is 0.497 e. The molecular weight excluding hydrogens is 434 g/mol. The number of amidine groups is 1. The number of hydrogen-bond donors (Lipinski definition) is 1. The van der Waals surface area contributed by atoms with Crippen molar-refractivity contribution in [1.29, 1.82) is 0 Å². The van der Waals surface area contributed by atoms with Crippen LogP contribution in [0, 0.1) is 0 Å². The van der Waals surface area contributed by atoms with Gasteiger partial charge in [0.05, 0.1) is 12.8 Å². The van der Waals surface area contributed by atoms with E-state index in [0.29, 0.717) is 15.9 Å². The molecule has 2 aliphatic rings. The molecule has 4 rings (SSSR count). The molecule has 1 saturated carbocycles. The Morgan fingerprint density at radius 3 is 2.65 bits per heavy atom. The molecule has 2 fully saturated rings. The van der Waals surface area contributed by atoms with Gasteiger partial charge < -0.3 is 10.1 Å². The van der Waals surface area contributed by atoms with Crippen LogP contribution >= 0.6 is 23.4 Å². The summed E-state index contributed by atoms with van der Waals surface area (Å²) in [6.45, 7) is 0. The molecule has 2 aromatic carbocycles. The van der Waals surface area contributed by atoms with E-state index >= 15 is 0 Å². The van der Waals surface area contributed by atoms with Gasteiger partial charge in [0.1, 0.15) is 11.0 Å². The van der Waals surface area contributed by atoms with Gasteiger partial charge in [-0.15, -0.1) is 0 Å². The van der Waals surface area contributed by atoms with Crippen molar-refractivity contribution in [3.05, 3.63) is 53.6 Å². The number of nitrogens with zero attached hydrogens (tertiary/aromatic N) is 2. The predicted octanol–water partition coefficient (Wildman–Crippen LogP) is 5.25. The topological polar surface area (TPSA) is 71.0 Å². The number of carbonyl (C=O) groups is 2. The zero-order valence-electron chi connectivity index (χ0n) is 17.2. The van der Waals surface area contributed by atoms with Crippen molar-refractivity contribution in [2.75, 3.05) is 12.4 Å². The third-order valence-corrected chi connectivity index (χ3v) is 6.82. The highest BCUT2D eigenvalue weighted by atomic mass is 35.5. The highest BCUT2D eigenvalue weighted by Crippen LogP contribution is 2.37. The second kappa shape index (κ2) is 9.75. The summed E-state index contributed by atoms with van der Waals surface area (Å²) in [6, 6.07) is 14.5. The van der Waals surface area contributed by atoms with E-state index in [-0.39, 0.29) is 24.3 Å².